The molecular weight excluding hydrogens is 304 g/mol. The van der Waals surface area contributed by atoms with Crippen LogP contribution in [0.15, 0.2) is 10.5 Å². The Morgan fingerprint density at radius 2 is 2.38 bits per heavy atom. The highest BCUT2D eigenvalue weighted by Crippen LogP contribution is 2.46. The van der Waals surface area contributed by atoms with Gasteiger partial charge in [-0.1, -0.05) is 18.7 Å². The van der Waals surface area contributed by atoms with Gasteiger partial charge in [-0.05, 0) is 37.4 Å². The van der Waals surface area contributed by atoms with Gasteiger partial charge in [0.1, 0.15) is 10.7 Å². The van der Waals surface area contributed by atoms with Gasteiger partial charge in [0.2, 0.25) is 0 Å². The lowest BCUT2D eigenvalue weighted by Crippen LogP contribution is -2.29. The van der Waals surface area contributed by atoms with Crippen molar-refractivity contribution in [2.24, 2.45) is 17.8 Å². The first-order valence-electron chi connectivity index (χ1n) is 7.59. The first-order valence-corrected chi connectivity index (χ1v) is 9.39. The summed E-state index contributed by atoms with van der Waals surface area (Å²) in [6.45, 7) is 2.66. The number of nitrogens with zero attached hydrogens (tertiary/aromatic N) is 1. The van der Waals surface area contributed by atoms with Gasteiger partial charge in [-0.3, -0.25) is 9.59 Å². The average Bonchev–Trinajstić information content (AvgIpc) is 3.17. The van der Waals surface area contributed by atoms with Crippen LogP contribution in [-0.4, -0.2) is 29.0 Å². The molecule has 0 aliphatic heterocycles. The number of rotatable bonds is 6. The summed E-state index contributed by atoms with van der Waals surface area (Å²) in [6.07, 6.45) is 5.80. The number of nitrogens with one attached hydrogen (secondary N) is 1. The quantitative estimate of drug-likeness (QED) is 0.817. The molecule has 1 N–H and O–H groups in total. The fourth-order valence-electron chi connectivity index (χ4n) is 3.53. The molecule has 0 saturated heterocycles. The number of Topliss-reactive ketones (excluding diaryl/α,β-unsaturated/α-hetero) is 1. The van der Waals surface area contributed by atoms with Crippen LogP contribution >= 0.6 is 23.1 Å². The Hall–Kier alpha value is -0.880. The predicted molar refractivity (Wildman–Crippen MR) is 84.8 cm³/mol. The lowest BCUT2D eigenvalue weighted by molar-refractivity contribution is -0.125. The minimum Gasteiger partial charge on any atom is -0.351 e. The Kier molecular flexibility index (Phi) is 4.64. The van der Waals surface area contributed by atoms with Gasteiger partial charge in [-0.25, -0.2) is 4.98 Å². The van der Waals surface area contributed by atoms with Crippen LogP contribution in [0.1, 0.15) is 42.3 Å². The van der Waals surface area contributed by atoms with Gasteiger partial charge in [0, 0.05) is 18.4 Å². The zero-order chi connectivity index (χ0) is 14.8. The summed E-state index contributed by atoms with van der Waals surface area (Å²) < 4.78 is 0.936. The highest BCUT2D eigenvalue weighted by Gasteiger charge is 2.45. The molecule has 1 heterocycles. The standard InChI is InChI=1S/C15H20N2O2S2/c1-2-20-15-17-8-12(21-15)14(19)16-6-5-11-9-3-4-10(7-9)13(11)18/h8-11H,2-7H2,1H3,(H,16,19). The van der Waals surface area contributed by atoms with E-state index in [4.69, 9.17) is 0 Å². The zero-order valence-electron chi connectivity index (χ0n) is 12.1. The second kappa shape index (κ2) is 6.48. The fourth-order valence-corrected chi connectivity index (χ4v) is 5.33. The summed E-state index contributed by atoms with van der Waals surface area (Å²) >= 11 is 3.08. The van der Waals surface area contributed by atoms with Gasteiger partial charge in [0.05, 0.1) is 6.20 Å². The second-order valence-corrected chi connectivity index (χ2v) is 8.29. The molecule has 1 aromatic rings. The Bertz CT molecular complexity index is 544. The predicted octanol–water partition coefficient (Wildman–Crippen LogP) is 2.99. The summed E-state index contributed by atoms with van der Waals surface area (Å²) in [5.41, 5.74) is 0. The minimum atomic E-state index is -0.0638. The van der Waals surface area contributed by atoms with E-state index in [1.807, 2.05) is 0 Å². The molecule has 2 saturated carbocycles. The third kappa shape index (κ3) is 3.16. The Morgan fingerprint density at radius 1 is 1.52 bits per heavy atom. The van der Waals surface area contributed by atoms with Crippen molar-refractivity contribution in [3.8, 4) is 0 Å². The van der Waals surface area contributed by atoms with E-state index in [0.29, 0.717) is 29.0 Å². The van der Waals surface area contributed by atoms with Crippen molar-refractivity contribution in [2.45, 2.75) is 36.9 Å². The number of thioether (sulfide) groups is 1. The van der Waals surface area contributed by atoms with E-state index in [2.05, 4.69) is 17.2 Å². The van der Waals surface area contributed by atoms with Crippen LogP contribution in [0.4, 0.5) is 0 Å². The first kappa shape index (κ1) is 15.0. The van der Waals surface area contributed by atoms with Crippen molar-refractivity contribution in [3.63, 3.8) is 0 Å². The number of carbonyl (C=O) groups is 2. The molecule has 0 radical (unpaired) electrons. The number of ketones is 1. The van der Waals surface area contributed by atoms with Gasteiger partial charge in [-0.2, -0.15) is 0 Å². The van der Waals surface area contributed by atoms with Crippen molar-refractivity contribution < 1.29 is 9.59 Å². The lowest BCUT2D eigenvalue weighted by atomic mass is 9.85. The van der Waals surface area contributed by atoms with E-state index in [1.165, 1.54) is 17.8 Å². The number of thiazole rings is 1. The van der Waals surface area contributed by atoms with Crippen molar-refractivity contribution in [1.82, 2.24) is 10.3 Å². The second-order valence-electron chi connectivity index (χ2n) is 5.75. The zero-order valence-corrected chi connectivity index (χ0v) is 13.8. The number of carbonyl (C=O) groups excluding carboxylic acids is 2. The molecule has 2 aliphatic carbocycles. The number of hydrogen-bond acceptors (Lipinski definition) is 5. The highest BCUT2D eigenvalue weighted by atomic mass is 32.2. The van der Waals surface area contributed by atoms with Crippen LogP contribution in [0.3, 0.4) is 0 Å². The van der Waals surface area contributed by atoms with Crippen molar-refractivity contribution in [1.29, 1.82) is 0 Å². The van der Waals surface area contributed by atoms with E-state index >= 15 is 0 Å². The maximum Gasteiger partial charge on any atom is 0.263 e. The van der Waals surface area contributed by atoms with E-state index in [9.17, 15) is 9.59 Å². The van der Waals surface area contributed by atoms with E-state index in [-0.39, 0.29) is 11.8 Å². The van der Waals surface area contributed by atoms with E-state index < -0.39 is 0 Å². The molecule has 0 aromatic carbocycles. The number of aromatic nitrogens is 1. The van der Waals surface area contributed by atoms with Crippen LogP contribution in [-0.2, 0) is 4.79 Å². The molecule has 2 fully saturated rings. The monoisotopic (exact) mass is 324 g/mol. The normalized spacial score (nSPS) is 27.3. The molecule has 2 bridgehead atoms. The molecule has 3 rings (SSSR count). The number of hydrogen-bond donors (Lipinski definition) is 1. The molecule has 0 spiro atoms. The third-order valence-corrected chi connectivity index (χ3v) is 6.56. The Labute approximate surface area is 133 Å². The van der Waals surface area contributed by atoms with E-state index in [0.717, 1.165) is 29.4 Å². The molecule has 4 nitrogen and oxygen atoms in total. The van der Waals surface area contributed by atoms with Crippen LogP contribution in [0.5, 0.6) is 0 Å². The van der Waals surface area contributed by atoms with Crippen molar-refractivity contribution >= 4 is 34.8 Å². The Balaban J connectivity index is 1.46. The largest absolute Gasteiger partial charge is 0.351 e. The summed E-state index contributed by atoms with van der Waals surface area (Å²) in [5.74, 6) is 2.44. The smallest absolute Gasteiger partial charge is 0.263 e. The topological polar surface area (TPSA) is 59.1 Å². The van der Waals surface area contributed by atoms with Crippen LogP contribution in [0.25, 0.3) is 0 Å². The molecule has 6 heteroatoms. The number of fused-ring (bicyclic) bond motifs is 2. The summed E-state index contributed by atoms with van der Waals surface area (Å²) in [4.78, 5) is 29.0. The third-order valence-electron chi connectivity index (χ3n) is 4.53. The molecular formula is C15H20N2O2S2. The van der Waals surface area contributed by atoms with Gasteiger partial charge < -0.3 is 5.32 Å². The lowest BCUT2D eigenvalue weighted by Gasteiger charge is -2.20. The van der Waals surface area contributed by atoms with Crippen molar-refractivity contribution in [2.75, 3.05) is 12.3 Å². The first-order chi connectivity index (χ1) is 10.2. The number of amides is 1. The van der Waals surface area contributed by atoms with Crippen LogP contribution in [0.2, 0.25) is 0 Å². The molecule has 1 amide bonds. The SMILES string of the molecule is CCSc1ncc(C(=O)NCCC2C(=O)C3CCC2C3)s1. The van der Waals surface area contributed by atoms with Crippen molar-refractivity contribution in [3.05, 3.63) is 11.1 Å². The average molecular weight is 324 g/mol. The molecule has 3 atom stereocenters. The molecule has 2 aliphatic rings. The Morgan fingerprint density at radius 3 is 3.10 bits per heavy atom. The van der Waals surface area contributed by atoms with Gasteiger partial charge in [-0.15, -0.1) is 11.3 Å². The molecule has 21 heavy (non-hydrogen) atoms. The molecule has 114 valence electrons. The fraction of sp³-hybridized carbons (Fsp3) is 0.667. The van der Waals surface area contributed by atoms with Gasteiger partial charge >= 0.3 is 0 Å². The molecule has 1 aromatic heterocycles. The summed E-state index contributed by atoms with van der Waals surface area (Å²) in [5, 5.41) is 2.93. The minimum absolute atomic E-state index is 0.0638. The maximum absolute atomic E-state index is 12.1. The van der Waals surface area contributed by atoms with Crippen LogP contribution < -0.4 is 5.32 Å². The van der Waals surface area contributed by atoms with Gasteiger partial charge in [0.25, 0.3) is 5.91 Å². The highest BCUT2D eigenvalue weighted by molar-refractivity contribution is 8.01. The van der Waals surface area contributed by atoms with Crippen LogP contribution in [0, 0.1) is 17.8 Å². The molecule has 3 unspecified atom stereocenters. The summed E-state index contributed by atoms with van der Waals surface area (Å²) in [7, 11) is 0. The van der Waals surface area contributed by atoms with Gasteiger partial charge in [0.15, 0.2) is 4.34 Å². The summed E-state index contributed by atoms with van der Waals surface area (Å²) in [6, 6.07) is 0. The maximum atomic E-state index is 12.1. The van der Waals surface area contributed by atoms with E-state index in [1.54, 1.807) is 18.0 Å².